The predicted molar refractivity (Wildman–Crippen MR) is 137 cm³/mol. The molecular weight excluding hydrogens is 553 g/mol. The molecule has 36 heavy (non-hydrogen) atoms. The Morgan fingerprint density at radius 3 is 2.17 bits per heavy atom. The minimum Gasteiger partial charge on any atom is -0.362 e. The molecule has 0 radical (unpaired) electrons. The van der Waals surface area contributed by atoms with E-state index in [1.165, 1.54) is 11.3 Å². The van der Waals surface area contributed by atoms with Gasteiger partial charge in [-0.25, -0.2) is 4.68 Å². The fourth-order valence-corrected chi connectivity index (χ4v) is 5.69. The van der Waals surface area contributed by atoms with Crippen molar-refractivity contribution in [3.8, 4) is 0 Å². The van der Waals surface area contributed by atoms with Crippen molar-refractivity contribution in [3.63, 3.8) is 0 Å². The quantitative estimate of drug-likeness (QED) is 0.264. The molecule has 10 heteroatoms. The molecule has 0 spiro atoms. The highest BCUT2D eigenvalue weighted by Gasteiger charge is 2.48. The normalized spacial score (nSPS) is 17.3. The number of fused-ring (bicyclic) bond motifs is 1. The third-order valence-electron chi connectivity index (χ3n) is 6.10. The number of hydrogen-bond acceptors (Lipinski definition) is 4. The van der Waals surface area contributed by atoms with E-state index in [0.29, 0.717) is 0 Å². The molecule has 186 valence electrons. The first-order valence-corrected chi connectivity index (χ1v) is 13.0. The summed E-state index contributed by atoms with van der Waals surface area (Å²) in [6, 6.07) is 20.2. The van der Waals surface area contributed by atoms with Gasteiger partial charge in [0, 0.05) is 24.4 Å². The van der Waals surface area contributed by atoms with E-state index < -0.39 is 24.2 Å². The highest BCUT2D eigenvalue weighted by Crippen LogP contribution is 2.47. The van der Waals surface area contributed by atoms with Crippen LogP contribution in [-0.2, 0) is 13.1 Å². The summed E-state index contributed by atoms with van der Waals surface area (Å²) in [4.78, 5) is 16.2. The number of anilines is 1. The molecule has 3 heterocycles. The van der Waals surface area contributed by atoms with E-state index in [4.69, 9.17) is 0 Å². The van der Waals surface area contributed by atoms with Gasteiger partial charge in [0.2, 0.25) is 0 Å². The number of carbonyl (C=O) groups is 1. The van der Waals surface area contributed by atoms with Crippen LogP contribution in [0, 0.1) is 0 Å². The lowest BCUT2D eigenvalue weighted by Gasteiger charge is -2.33. The number of thiophene rings is 1. The molecule has 0 bridgehead atoms. The number of halogens is 4. The maximum absolute atomic E-state index is 14.1. The largest absolute Gasteiger partial charge is 0.410 e. The SMILES string of the molecule is O=C(c1nn2c(c1Br)NC(c1cccs1)CC2C(F)(F)F)N(Cc1ccccc1)Cc1ccccc1. The summed E-state index contributed by atoms with van der Waals surface area (Å²) < 4.78 is 43.5. The first-order chi connectivity index (χ1) is 17.3. The summed E-state index contributed by atoms with van der Waals surface area (Å²) in [5.41, 5.74) is 1.77. The van der Waals surface area contributed by atoms with Crippen LogP contribution in [0.25, 0.3) is 0 Å². The van der Waals surface area contributed by atoms with Crippen molar-refractivity contribution in [1.82, 2.24) is 14.7 Å². The van der Waals surface area contributed by atoms with Gasteiger partial charge in [0.05, 0.1) is 10.5 Å². The Morgan fingerprint density at radius 1 is 1.03 bits per heavy atom. The van der Waals surface area contributed by atoms with Crippen molar-refractivity contribution in [2.45, 2.75) is 37.8 Å². The third-order valence-corrected chi connectivity index (χ3v) is 7.84. The smallest absolute Gasteiger partial charge is 0.362 e. The monoisotopic (exact) mass is 574 g/mol. The fraction of sp³-hybridized carbons (Fsp3) is 0.231. The Morgan fingerprint density at radius 2 is 1.64 bits per heavy atom. The van der Waals surface area contributed by atoms with Crippen LogP contribution in [0.2, 0.25) is 0 Å². The third kappa shape index (κ3) is 5.05. The number of benzene rings is 2. The molecule has 1 N–H and O–H groups in total. The number of aromatic nitrogens is 2. The van der Waals surface area contributed by atoms with Crippen molar-refractivity contribution in [1.29, 1.82) is 0 Å². The van der Waals surface area contributed by atoms with Crippen LogP contribution in [0.4, 0.5) is 19.0 Å². The Labute approximate surface area is 218 Å². The summed E-state index contributed by atoms with van der Waals surface area (Å²) in [6.45, 7) is 0.578. The molecule has 4 aromatic rings. The summed E-state index contributed by atoms with van der Waals surface area (Å²) in [5.74, 6) is -0.295. The lowest BCUT2D eigenvalue weighted by molar-refractivity contribution is -0.173. The minimum atomic E-state index is -4.52. The number of nitrogens with one attached hydrogen (secondary N) is 1. The van der Waals surface area contributed by atoms with Gasteiger partial charge in [0.1, 0.15) is 5.82 Å². The van der Waals surface area contributed by atoms with E-state index in [9.17, 15) is 18.0 Å². The number of amides is 1. The highest BCUT2D eigenvalue weighted by atomic mass is 79.9. The molecule has 0 saturated carbocycles. The zero-order chi connectivity index (χ0) is 25.3. The molecule has 0 fully saturated rings. The molecule has 0 aliphatic carbocycles. The Balaban J connectivity index is 1.52. The first kappa shape index (κ1) is 24.6. The average Bonchev–Trinajstić information content (AvgIpc) is 3.52. The van der Waals surface area contributed by atoms with Crippen molar-refractivity contribution < 1.29 is 18.0 Å². The fourth-order valence-electron chi connectivity index (χ4n) is 4.36. The zero-order valence-electron chi connectivity index (χ0n) is 19.0. The highest BCUT2D eigenvalue weighted by molar-refractivity contribution is 9.10. The van der Waals surface area contributed by atoms with Crippen LogP contribution in [0.1, 0.15) is 45.0 Å². The topological polar surface area (TPSA) is 50.2 Å². The Bertz CT molecular complexity index is 1290. The Kier molecular flexibility index (Phi) is 6.90. The van der Waals surface area contributed by atoms with Crippen molar-refractivity contribution in [2.75, 3.05) is 5.32 Å². The lowest BCUT2D eigenvalue weighted by Crippen LogP contribution is -2.35. The maximum Gasteiger partial charge on any atom is 0.410 e. The number of nitrogens with zero attached hydrogens (tertiary/aromatic N) is 3. The van der Waals surface area contributed by atoms with E-state index >= 15 is 0 Å². The molecule has 1 aliphatic heterocycles. The van der Waals surface area contributed by atoms with Gasteiger partial charge < -0.3 is 10.2 Å². The van der Waals surface area contributed by atoms with E-state index in [0.717, 1.165) is 20.7 Å². The van der Waals surface area contributed by atoms with Gasteiger partial charge in [0.15, 0.2) is 11.7 Å². The summed E-state index contributed by atoms with van der Waals surface area (Å²) in [7, 11) is 0. The molecule has 1 amide bonds. The van der Waals surface area contributed by atoms with E-state index in [2.05, 4.69) is 26.3 Å². The summed E-state index contributed by atoms with van der Waals surface area (Å²) in [5, 5.41) is 9.23. The maximum atomic E-state index is 14.1. The molecule has 2 aromatic heterocycles. The average molecular weight is 575 g/mol. The van der Waals surface area contributed by atoms with Crippen molar-refractivity contribution in [3.05, 3.63) is 104 Å². The van der Waals surface area contributed by atoms with Crippen LogP contribution in [-0.4, -0.2) is 26.8 Å². The van der Waals surface area contributed by atoms with Gasteiger partial charge >= 0.3 is 6.18 Å². The molecular formula is C26H22BrF3N4OS. The van der Waals surface area contributed by atoms with Gasteiger partial charge in [0.25, 0.3) is 5.91 Å². The summed E-state index contributed by atoms with van der Waals surface area (Å²) in [6.07, 6.45) is -4.73. The number of rotatable bonds is 6. The number of hydrogen-bond donors (Lipinski definition) is 1. The number of carbonyl (C=O) groups excluding carboxylic acids is 1. The van der Waals surface area contributed by atoms with Crippen LogP contribution < -0.4 is 5.32 Å². The molecule has 2 aromatic carbocycles. The van der Waals surface area contributed by atoms with Crippen molar-refractivity contribution in [2.24, 2.45) is 0 Å². The molecule has 2 atom stereocenters. The van der Waals surface area contributed by atoms with Gasteiger partial charge in [-0.2, -0.15) is 18.3 Å². The molecule has 5 rings (SSSR count). The second-order valence-electron chi connectivity index (χ2n) is 8.59. The van der Waals surface area contributed by atoms with E-state index in [1.54, 1.807) is 4.90 Å². The van der Waals surface area contributed by atoms with Crippen LogP contribution >= 0.6 is 27.3 Å². The number of alkyl halides is 3. The standard InChI is InChI=1S/C26H22BrF3N4OS/c27-22-23(25(35)33(15-17-8-3-1-4-9-17)16-18-10-5-2-6-11-18)32-34-21(26(28,29)30)14-19(31-24(22)34)20-12-7-13-36-20/h1-13,19,21,31H,14-16H2. The molecule has 2 unspecified atom stereocenters. The zero-order valence-corrected chi connectivity index (χ0v) is 21.4. The predicted octanol–water partition coefficient (Wildman–Crippen LogP) is 7.21. The van der Waals surface area contributed by atoms with E-state index in [1.807, 2.05) is 78.2 Å². The van der Waals surface area contributed by atoms with Crippen molar-refractivity contribution >= 4 is 39.0 Å². The van der Waals surface area contributed by atoms with Crippen LogP contribution in [0.3, 0.4) is 0 Å². The van der Waals surface area contributed by atoms with E-state index in [-0.39, 0.29) is 35.5 Å². The van der Waals surface area contributed by atoms with Gasteiger partial charge in [-0.1, -0.05) is 66.7 Å². The molecule has 1 aliphatic rings. The van der Waals surface area contributed by atoms with Gasteiger partial charge in [-0.15, -0.1) is 11.3 Å². The lowest BCUT2D eigenvalue weighted by atomic mass is 10.0. The van der Waals surface area contributed by atoms with Crippen LogP contribution in [0.15, 0.2) is 82.6 Å². The molecule has 0 saturated heterocycles. The second kappa shape index (κ2) is 10.1. The van der Waals surface area contributed by atoms with Gasteiger partial charge in [-0.3, -0.25) is 4.79 Å². The first-order valence-electron chi connectivity index (χ1n) is 11.3. The second-order valence-corrected chi connectivity index (χ2v) is 10.4. The molecule has 5 nitrogen and oxygen atoms in total. The minimum absolute atomic E-state index is 0.0505. The Hall–Kier alpha value is -3.11. The van der Waals surface area contributed by atoms with Crippen LogP contribution in [0.5, 0.6) is 0 Å². The summed E-state index contributed by atoms with van der Waals surface area (Å²) >= 11 is 4.80. The van der Waals surface area contributed by atoms with Gasteiger partial charge in [-0.05, 0) is 38.5 Å².